The van der Waals surface area contributed by atoms with Gasteiger partial charge in [-0.2, -0.15) is 5.10 Å². The molecule has 0 saturated carbocycles. The van der Waals surface area contributed by atoms with Gasteiger partial charge in [-0.15, -0.1) is 0 Å². The van der Waals surface area contributed by atoms with E-state index in [1.165, 1.54) is 19.3 Å². The highest BCUT2D eigenvalue weighted by Crippen LogP contribution is 2.23. The molecule has 2 atom stereocenters. The molecule has 0 aliphatic heterocycles. The van der Waals surface area contributed by atoms with Crippen LogP contribution in [-0.2, 0) is 6.54 Å². The van der Waals surface area contributed by atoms with Gasteiger partial charge < -0.3 is 10.3 Å². The molecule has 0 bridgehead atoms. The van der Waals surface area contributed by atoms with Crippen LogP contribution in [0, 0.1) is 12.8 Å². The second-order valence-corrected chi connectivity index (χ2v) is 6.58. The first-order valence-corrected chi connectivity index (χ1v) is 9.04. The number of hydrogen-bond donors (Lipinski definition) is 2. The van der Waals surface area contributed by atoms with Crippen LogP contribution in [0.4, 0.5) is 0 Å². The zero-order chi connectivity index (χ0) is 17.5. The summed E-state index contributed by atoms with van der Waals surface area (Å²) in [6.07, 6.45) is 8.49. The van der Waals surface area contributed by atoms with E-state index >= 15 is 0 Å². The van der Waals surface area contributed by atoms with E-state index in [0.29, 0.717) is 0 Å². The summed E-state index contributed by atoms with van der Waals surface area (Å²) < 4.78 is 1.96. The second kappa shape index (κ2) is 8.71. The van der Waals surface area contributed by atoms with Gasteiger partial charge in [-0.05, 0) is 32.3 Å². The van der Waals surface area contributed by atoms with Gasteiger partial charge in [0.15, 0.2) is 0 Å². The molecule has 2 aromatic rings. The maximum Gasteiger partial charge on any atom is 0.103 e. The summed E-state index contributed by atoms with van der Waals surface area (Å²) in [6, 6.07) is 2.20. The van der Waals surface area contributed by atoms with Crippen LogP contribution in [0.15, 0.2) is 25.0 Å². The van der Waals surface area contributed by atoms with Crippen molar-refractivity contribution in [3.05, 3.63) is 42.3 Å². The van der Waals surface area contributed by atoms with Crippen molar-refractivity contribution in [3.8, 4) is 0 Å². The molecular weight excluding hydrogens is 298 g/mol. The molecule has 2 unspecified atom stereocenters. The van der Waals surface area contributed by atoms with E-state index in [9.17, 15) is 0 Å². The molecule has 0 aliphatic carbocycles. The molecule has 2 rings (SSSR count). The van der Waals surface area contributed by atoms with Crippen LogP contribution in [0.2, 0.25) is 0 Å². The average molecular weight is 329 g/mol. The second-order valence-electron chi connectivity index (χ2n) is 6.58. The van der Waals surface area contributed by atoms with E-state index < -0.39 is 0 Å². The summed E-state index contributed by atoms with van der Waals surface area (Å²) in [5.74, 6) is 1.72. The van der Waals surface area contributed by atoms with Gasteiger partial charge in [-0.1, -0.05) is 39.7 Å². The van der Waals surface area contributed by atoms with E-state index in [-0.39, 0.29) is 6.04 Å². The third kappa shape index (κ3) is 4.73. The molecule has 0 aliphatic rings. The number of H-pyrrole nitrogens is 1. The van der Waals surface area contributed by atoms with Crippen LogP contribution >= 0.6 is 0 Å². The molecule has 5 nitrogen and oxygen atoms in total. The Labute approximate surface area is 145 Å². The first-order valence-electron chi connectivity index (χ1n) is 9.04. The normalized spacial score (nSPS) is 13.7. The molecule has 2 N–H and O–H groups in total. The fraction of sp³-hybridized carbons (Fsp3) is 0.579. The van der Waals surface area contributed by atoms with Gasteiger partial charge in [0.1, 0.15) is 5.82 Å². The number of imidazole rings is 1. The van der Waals surface area contributed by atoms with Crippen LogP contribution in [0.1, 0.15) is 69.7 Å². The van der Waals surface area contributed by atoms with Gasteiger partial charge >= 0.3 is 0 Å². The summed E-state index contributed by atoms with van der Waals surface area (Å²) >= 11 is 0. The van der Waals surface area contributed by atoms with Crippen molar-refractivity contribution in [1.82, 2.24) is 25.1 Å². The molecule has 2 heterocycles. The smallest absolute Gasteiger partial charge is 0.103 e. The number of aromatic nitrogens is 4. The third-order valence-corrected chi connectivity index (χ3v) is 4.66. The molecule has 0 amide bonds. The molecule has 2 aromatic heterocycles. The van der Waals surface area contributed by atoms with Gasteiger partial charge in [-0.3, -0.25) is 4.68 Å². The van der Waals surface area contributed by atoms with Crippen molar-refractivity contribution in [2.24, 2.45) is 5.92 Å². The summed E-state index contributed by atoms with van der Waals surface area (Å²) in [6.45, 7) is 13.7. The predicted octanol–water partition coefficient (Wildman–Crippen LogP) is 4.45. The fourth-order valence-electron chi connectivity index (χ4n) is 2.92. The van der Waals surface area contributed by atoms with Crippen molar-refractivity contribution < 1.29 is 0 Å². The van der Waals surface area contributed by atoms with Crippen LogP contribution in [0.25, 0.3) is 5.70 Å². The van der Waals surface area contributed by atoms with Crippen LogP contribution in [-0.4, -0.2) is 19.7 Å². The lowest BCUT2D eigenvalue weighted by atomic mass is 9.98. The van der Waals surface area contributed by atoms with E-state index in [1.807, 2.05) is 30.1 Å². The Hall–Kier alpha value is -2.04. The molecule has 0 fully saturated rings. The van der Waals surface area contributed by atoms with Crippen molar-refractivity contribution in [3.63, 3.8) is 0 Å². The summed E-state index contributed by atoms with van der Waals surface area (Å²) in [5.41, 5.74) is 3.08. The topological polar surface area (TPSA) is 58.5 Å². The Balaban J connectivity index is 2.06. The minimum Gasteiger partial charge on any atom is -0.375 e. The fourth-order valence-corrected chi connectivity index (χ4v) is 2.92. The van der Waals surface area contributed by atoms with Crippen molar-refractivity contribution in [1.29, 1.82) is 0 Å². The lowest BCUT2D eigenvalue weighted by Crippen LogP contribution is -2.22. The van der Waals surface area contributed by atoms with Crippen molar-refractivity contribution >= 4 is 5.70 Å². The Bertz CT molecular complexity index is 640. The summed E-state index contributed by atoms with van der Waals surface area (Å²) in [7, 11) is 0. The first-order chi connectivity index (χ1) is 11.5. The minimum absolute atomic E-state index is 0.197. The zero-order valence-electron chi connectivity index (χ0n) is 15.5. The first kappa shape index (κ1) is 18.3. The zero-order valence-corrected chi connectivity index (χ0v) is 15.5. The third-order valence-electron chi connectivity index (χ3n) is 4.66. The highest BCUT2D eigenvalue weighted by molar-refractivity contribution is 5.58. The largest absolute Gasteiger partial charge is 0.375 e. The van der Waals surface area contributed by atoms with E-state index in [0.717, 1.165) is 41.8 Å². The monoisotopic (exact) mass is 329 g/mol. The van der Waals surface area contributed by atoms with Crippen molar-refractivity contribution in [2.45, 2.75) is 66.0 Å². The number of aromatic amines is 1. The van der Waals surface area contributed by atoms with Crippen LogP contribution in [0.3, 0.4) is 0 Å². The predicted molar refractivity (Wildman–Crippen MR) is 99.4 cm³/mol. The van der Waals surface area contributed by atoms with Gasteiger partial charge in [-0.25, -0.2) is 4.98 Å². The Morgan fingerprint density at radius 1 is 1.38 bits per heavy atom. The maximum atomic E-state index is 4.36. The molecule has 0 radical (unpaired) electrons. The molecule has 5 heteroatoms. The van der Waals surface area contributed by atoms with Gasteiger partial charge in [0.25, 0.3) is 0 Å². The molecule has 0 spiro atoms. The lowest BCUT2D eigenvalue weighted by molar-refractivity contribution is 0.448. The molecule has 0 saturated heterocycles. The Kier molecular flexibility index (Phi) is 6.64. The van der Waals surface area contributed by atoms with Gasteiger partial charge in [0.2, 0.25) is 0 Å². The minimum atomic E-state index is 0.197. The molecule has 0 aromatic carbocycles. The Morgan fingerprint density at radius 2 is 2.17 bits per heavy atom. The van der Waals surface area contributed by atoms with E-state index in [2.05, 4.69) is 47.7 Å². The molecule has 132 valence electrons. The lowest BCUT2D eigenvalue weighted by Gasteiger charge is -2.21. The van der Waals surface area contributed by atoms with Gasteiger partial charge in [0.05, 0.1) is 29.3 Å². The summed E-state index contributed by atoms with van der Waals surface area (Å²) in [4.78, 5) is 7.73. The highest BCUT2D eigenvalue weighted by atomic mass is 15.3. The van der Waals surface area contributed by atoms with E-state index in [4.69, 9.17) is 0 Å². The number of aryl methyl sites for hydroxylation is 2. The van der Waals surface area contributed by atoms with Gasteiger partial charge in [0, 0.05) is 12.7 Å². The summed E-state index contributed by atoms with van der Waals surface area (Å²) in [5, 5.41) is 7.92. The number of rotatable bonds is 10. The number of nitrogens with zero attached hydrogens (tertiary/aromatic N) is 3. The number of nitrogens with one attached hydrogen (secondary N) is 2. The standard InChI is InChI=1S/C19H31N5/c1-6-14(3)9-8-10-17(18-13-20-16(5)23-18)22-15(4)19-11-12-21-24(19)7-2/h11-14,17,22H,4,6-10H2,1-3,5H3,(H,20,23). The average Bonchev–Trinajstić information content (AvgIpc) is 3.22. The van der Waals surface area contributed by atoms with E-state index in [1.54, 1.807) is 0 Å². The van der Waals surface area contributed by atoms with Crippen LogP contribution in [0.5, 0.6) is 0 Å². The Morgan fingerprint density at radius 3 is 2.79 bits per heavy atom. The molecule has 24 heavy (non-hydrogen) atoms. The quantitative estimate of drug-likeness (QED) is 0.677. The maximum absolute atomic E-state index is 4.36. The van der Waals surface area contributed by atoms with Crippen molar-refractivity contribution in [2.75, 3.05) is 0 Å². The SMILES string of the molecule is C=C(NC(CCCC(C)CC)c1cnc(C)[nH]1)c1ccnn1CC. The van der Waals surface area contributed by atoms with Crippen LogP contribution < -0.4 is 5.32 Å². The highest BCUT2D eigenvalue weighted by Gasteiger charge is 2.16. The molecular formula is C19H31N5. The number of hydrogen-bond acceptors (Lipinski definition) is 3.